The molecule has 0 spiro atoms. The molecule has 184 valence electrons. The minimum absolute atomic E-state index is 0.292. The number of likely N-dealkylation sites (tertiary alicyclic amines) is 1. The first kappa shape index (κ1) is 22.7. The fourth-order valence-electron chi connectivity index (χ4n) is 5.29. The van der Waals surface area contributed by atoms with Crippen LogP contribution < -0.4 is 4.74 Å². The molecule has 0 bridgehead atoms. The number of ether oxygens (including phenoxy) is 2. The van der Waals surface area contributed by atoms with E-state index in [-0.39, 0.29) is 6.10 Å². The van der Waals surface area contributed by atoms with E-state index in [1.54, 1.807) is 16.9 Å². The number of nitrogens with zero attached hydrogens (tertiary/aromatic N) is 7. The van der Waals surface area contributed by atoms with Crippen molar-refractivity contribution in [2.24, 2.45) is 0 Å². The number of piperidine rings is 1. The lowest BCUT2D eigenvalue weighted by atomic mass is 10.0. The second-order valence-corrected chi connectivity index (χ2v) is 9.64. The van der Waals surface area contributed by atoms with Crippen LogP contribution in [-0.4, -0.2) is 61.6 Å². The van der Waals surface area contributed by atoms with Crippen LogP contribution in [0.15, 0.2) is 49.1 Å². The molecular formula is C27H29N7O2. The topological polar surface area (TPSA) is 93.5 Å². The summed E-state index contributed by atoms with van der Waals surface area (Å²) < 4.78 is 15.7. The average Bonchev–Trinajstić information content (AvgIpc) is 3.47. The van der Waals surface area contributed by atoms with Gasteiger partial charge in [-0.3, -0.25) is 14.6 Å². The molecule has 2 aliphatic rings. The molecule has 0 radical (unpaired) electrons. The van der Waals surface area contributed by atoms with Gasteiger partial charge in [-0.25, -0.2) is 4.52 Å². The van der Waals surface area contributed by atoms with Crippen molar-refractivity contribution < 1.29 is 9.47 Å². The Morgan fingerprint density at radius 3 is 2.83 bits per heavy atom. The average molecular weight is 484 g/mol. The molecule has 0 saturated carbocycles. The molecule has 4 aromatic rings. The molecule has 0 aliphatic carbocycles. The lowest BCUT2D eigenvalue weighted by Crippen LogP contribution is -2.52. The van der Waals surface area contributed by atoms with E-state index < -0.39 is 0 Å². The highest BCUT2D eigenvalue weighted by Crippen LogP contribution is 2.35. The van der Waals surface area contributed by atoms with E-state index >= 15 is 0 Å². The lowest BCUT2D eigenvalue weighted by molar-refractivity contribution is -0.0758. The van der Waals surface area contributed by atoms with Crippen molar-refractivity contribution in [3.63, 3.8) is 0 Å². The van der Waals surface area contributed by atoms with Gasteiger partial charge in [0.05, 0.1) is 43.4 Å². The Bertz CT molecular complexity index is 1420. The predicted octanol–water partition coefficient (Wildman–Crippen LogP) is 3.95. The zero-order chi connectivity index (χ0) is 24.6. The van der Waals surface area contributed by atoms with Gasteiger partial charge in [0.2, 0.25) is 0 Å². The van der Waals surface area contributed by atoms with Gasteiger partial charge in [-0.1, -0.05) is 6.07 Å². The maximum Gasteiger partial charge on any atom is 0.148 e. The van der Waals surface area contributed by atoms with E-state index in [9.17, 15) is 5.26 Å². The van der Waals surface area contributed by atoms with Crippen molar-refractivity contribution >= 4 is 5.52 Å². The van der Waals surface area contributed by atoms with E-state index in [0.29, 0.717) is 28.9 Å². The quantitative estimate of drug-likeness (QED) is 0.410. The molecule has 2 fully saturated rings. The Morgan fingerprint density at radius 2 is 2.08 bits per heavy atom. The number of hydrogen-bond acceptors (Lipinski definition) is 7. The summed E-state index contributed by atoms with van der Waals surface area (Å²) in [6.45, 7) is 7.88. The molecule has 0 amide bonds. The van der Waals surface area contributed by atoms with Crippen molar-refractivity contribution in [1.82, 2.24) is 29.3 Å². The van der Waals surface area contributed by atoms with Crippen LogP contribution in [0.25, 0.3) is 16.6 Å². The highest BCUT2D eigenvalue weighted by Gasteiger charge is 2.32. The van der Waals surface area contributed by atoms with Crippen LogP contribution in [0, 0.1) is 18.3 Å². The van der Waals surface area contributed by atoms with Gasteiger partial charge in [-0.2, -0.15) is 15.5 Å². The SMILES string of the molecule is Cc1c(-c2cc(O[C@H](C)c3ccccn3)c3c(C#N)cnn3c2)cnn1[C@H]1CCCN(C2COC2)C1. The van der Waals surface area contributed by atoms with Gasteiger partial charge < -0.3 is 9.47 Å². The van der Waals surface area contributed by atoms with Crippen molar-refractivity contribution in [3.8, 4) is 22.9 Å². The van der Waals surface area contributed by atoms with Crippen molar-refractivity contribution in [2.75, 3.05) is 26.3 Å². The number of nitriles is 1. The second-order valence-electron chi connectivity index (χ2n) is 9.64. The van der Waals surface area contributed by atoms with Gasteiger partial charge >= 0.3 is 0 Å². The van der Waals surface area contributed by atoms with Crippen molar-refractivity contribution in [2.45, 2.75) is 44.9 Å². The largest absolute Gasteiger partial charge is 0.482 e. The first-order valence-corrected chi connectivity index (χ1v) is 12.5. The zero-order valence-electron chi connectivity index (χ0n) is 20.5. The molecule has 9 heteroatoms. The van der Waals surface area contributed by atoms with Crippen LogP contribution in [-0.2, 0) is 4.74 Å². The Labute approximate surface area is 209 Å². The number of hydrogen-bond donors (Lipinski definition) is 0. The molecule has 2 atom stereocenters. The summed E-state index contributed by atoms with van der Waals surface area (Å²) in [5.41, 5.74) is 5.04. The number of fused-ring (bicyclic) bond motifs is 1. The van der Waals surface area contributed by atoms with Gasteiger partial charge in [0.25, 0.3) is 0 Å². The van der Waals surface area contributed by atoms with Gasteiger partial charge in [-0.05, 0) is 51.4 Å². The molecule has 2 aliphatic heterocycles. The summed E-state index contributed by atoms with van der Waals surface area (Å²) in [6.07, 6.45) is 9.20. The molecule has 4 aromatic heterocycles. The molecule has 6 heterocycles. The Morgan fingerprint density at radius 1 is 1.19 bits per heavy atom. The van der Waals surface area contributed by atoms with Crippen LogP contribution in [0.4, 0.5) is 0 Å². The van der Waals surface area contributed by atoms with Crippen molar-refractivity contribution in [1.29, 1.82) is 5.26 Å². The molecule has 9 nitrogen and oxygen atoms in total. The highest BCUT2D eigenvalue weighted by molar-refractivity contribution is 5.76. The van der Waals surface area contributed by atoms with Crippen LogP contribution in [0.3, 0.4) is 0 Å². The molecule has 0 unspecified atom stereocenters. The smallest absolute Gasteiger partial charge is 0.148 e. The molecule has 36 heavy (non-hydrogen) atoms. The van der Waals surface area contributed by atoms with E-state index in [4.69, 9.17) is 14.6 Å². The number of rotatable bonds is 6. The highest BCUT2D eigenvalue weighted by atomic mass is 16.5. The minimum atomic E-state index is -0.292. The third-order valence-corrected chi connectivity index (χ3v) is 7.37. The Hall–Kier alpha value is -3.74. The third kappa shape index (κ3) is 4.02. The molecule has 2 saturated heterocycles. The summed E-state index contributed by atoms with van der Waals surface area (Å²) in [4.78, 5) is 6.97. The fraction of sp³-hybridized carbons (Fsp3) is 0.407. The van der Waals surface area contributed by atoms with Crippen LogP contribution >= 0.6 is 0 Å². The summed E-state index contributed by atoms with van der Waals surface area (Å²) in [7, 11) is 0. The van der Waals surface area contributed by atoms with Gasteiger partial charge in [0.1, 0.15) is 29.0 Å². The number of pyridine rings is 2. The van der Waals surface area contributed by atoms with Crippen molar-refractivity contribution in [3.05, 3.63) is 66.0 Å². The van der Waals surface area contributed by atoms with Gasteiger partial charge in [-0.15, -0.1) is 0 Å². The predicted molar refractivity (Wildman–Crippen MR) is 134 cm³/mol. The minimum Gasteiger partial charge on any atom is -0.482 e. The molecule has 6 rings (SSSR count). The maximum atomic E-state index is 9.66. The third-order valence-electron chi connectivity index (χ3n) is 7.37. The van der Waals surface area contributed by atoms with Crippen LogP contribution in [0.2, 0.25) is 0 Å². The Kier molecular flexibility index (Phi) is 5.91. The normalized spacial score (nSPS) is 19.6. The van der Waals surface area contributed by atoms with E-state index in [0.717, 1.165) is 61.7 Å². The first-order chi connectivity index (χ1) is 17.6. The number of aromatic nitrogens is 5. The lowest BCUT2D eigenvalue weighted by Gasteiger charge is -2.42. The standard InChI is InChI=1S/C27H29N7O2/c1-18-24(13-31-34(18)22-6-5-9-32(15-22)23-16-35-17-23)20-10-26(27-21(11-28)12-30-33(27)14-20)36-19(2)25-7-3-4-8-29-25/h3-4,7-8,10,12-14,19,22-23H,5-6,9,15-17H2,1-2H3/t19-,22+/m1/s1. The van der Waals surface area contributed by atoms with E-state index in [1.165, 1.54) is 0 Å². The maximum absolute atomic E-state index is 9.66. The fourth-order valence-corrected chi connectivity index (χ4v) is 5.29. The van der Waals surface area contributed by atoms with E-state index in [1.807, 2.05) is 43.6 Å². The molecular weight excluding hydrogens is 454 g/mol. The second kappa shape index (κ2) is 9.37. The van der Waals surface area contributed by atoms with Crippen LogP contribution in [0.1, 0.15) is 48.9 Å². The summed E-state index contributed by atoms with van der Waals surface area (Å²) in [6, 6.07) is 10.9. The summed E-state index contributed by atoms with van der Waals surface area (Å²) in [5, 5.41) is 18.9. The zero-order valence-corrected chi connectivity index (χ0v) is 20.5. The van der Waals surface area contributed by atoms with E-state index in [2.05, 4.69) is 32.7 Å². The first-order valence-electron chi connectivity index (χ1n) is 12.5. The monoisotopic (exact) mass is 483 g/mol. The summed E-state index contributed by atoms with van der Waals surface area (Å²) >= 11 is 0. The summed E-state index contributed by atoms with van der Waals surface area (Å²) in [5.74, 6) is 0.598. The molecule has 0 aromatic carbocycles. The van der Waals surface area contributed by atoms with Gasteiger partial charge in [0, 0.05) is 35.8 Å². The van der Waals surface area contributed by atoms with Gasteiger partial charge in [0.15, 0.2) is 0 Å². The molecule has 0 N–H and O–H groups in total. The Balaban J connectivity index is 1.34. The van der Waals surface area contributed by atoms with Crippen LogP contribution in [0.5, 0.6) is 5.75 Å².